The molecule has 1 atom stereocenters. The number of nitrogens with one attached hydrogen (secondary N) is 1. The van der Waals surface area contributed by atoms with Crippen LogP contribution in [-0.4, -0.2) is 39.9 Å². The molecule has 0 amide bonds. The molecule has 0 saturated heterocycles. The summed E-state index contributed by atoms with van der Waals surface area (Å²) in [5.74, 6) is 0.135. The van der Waals surface area contributed by atoms with Gasteiger partial charge in [0.2, 0.25) is 5.95 Å². The number of hydrogen-bond acceptors (Lipinski definition) is 7. The number of aromatic nitrogens is 6. The third-order valence-electron chi connectivity index (χ3n) is 5.59. The number of aryl methyl sites for hydroxylation is 1. The van der Waals surface area contributed by atoms with Crippen LogP contribution < -0.4 is 5.73 Å². The van der Waals surface area contributed by atoms with Gasteiger partial charge in [0.05, 0.1) is 24.6 Å². The summed E-state index contributed by atoms with van der Waals surface area (Å²) in [5.41, 5.74) is 12.3. The van der Waals surface area contributed by atoms with Crippen molar-refractivity contribution < 1.29 is 10.2 Å². The first-order chi connectivity index (χ1) is 16.0. The Hall–Kier alpha value is -4.08. The van der Waals surface area contributed by atoms with Crippen molar-refractivity contribution in [2.24, 2.45) is 7.05 Å². The average Bonchev–Trinajstić information content (AvgIpc) is 3.44. The van der Waals surface area contributed by atoms with Gasteiger partial charge in [0, 0.05) is 59.8 Å². The first kappa shape index (κ1) is 20.8. The number of nitrogen functional groups attached to an aromatic ring is 1. The molecule has 1 aromatic carbocycles. The van der Waals surface area contributed by atoms with Crippen LogP contribution in [-0.2, 0) is 20.1 Å². The molecule has 0 aliphatic carbocycles. The number of benzene rings is 1. The van der Waals surface area contributed by atoms with Crippen LogP contribution in [0, 0.1) is 0 Å². The number of rotatable bonds is 6. The van der Waals surface area contributed by atoms with E-state index in [0.29, 0.717) is 11.4 Å². The van der Waals surface area contributed by atoms with Gasteiger partial charge in [-0.25, -0.2) is 15.0 Å². The average molecular weight is 441 g/mol. The molecule has 0 radical (unpaired) electrons. The first-order valence-corrected chi connectivity index (χ1v) is 10.5. The summed E-state index contributed by atoms with van der Waals surface area (Å²) >= 11 is 0. The molecular weight excluding hydrogens is 418 g/mol. The predicted molar refractivity (Wildman–Crippen MR) is 125 cm³/mol. The fourth-order valence-electron chi connectivity index (χ4n) is 3.87. The van der Waals surface area contributed by atoms with Crippen LogP contribution in [0.2, 0.25) is 0 Å². The highest BCUT2D eigenvalue weighted by Crippen LogP contribution is 2.31. The molecule has 9 heteroatoms. The fraction of sp³-hybridized carbons (Fsp3) is 0.167. The number of hydrogen-bond donors (Lipinski definition) is 4. The minimum atomic E-state index is -0.762. The quantitative estimate of drug-likeness (QED) is 0.318. The van der Waals surface area contributed by atoms with Crippen LogP contribution in [0.15, 0.2) is 61.2 Å². The summed E-state index contributed by atoms with van der Waals surface area (Å²) in [7, 11) is 1.87. The van der Waals surface area contributed by atoms with E-state index in [-0.39, 0.29) is 19.0 Å². The maximum atomic E-state index is 10.7. The molecule has 4 aromatic heterocycles. The smallest absolute Gasteiger partial charge is 0.220 e. The number of aliphatic hydroxyl groups excluding tert-OH is 2. The van der Waals surface area contributed by atoms with Crippen molar-refractivity contribution in [1.29, 1.82) is 0 Å². The summed E-state index contributed by atoms with van der Waals surface area (Å²) < 4.78 is 1.75. The minimum Gasteiger partial charge on any atom is -0.392 e. The number of pyridine rings is 1. The van der Waals surface area contributed by atoms with Gasteiger partial charge in [0.25, 0.3) is 0 Å². The van der Waals surface area contributed by atoms with Gasteiger partial charge in [0.1, 0.15) is 5.65 Å². The topological polar surface area (TPSA) is 139 Å². The summed E-state index contributed by atoms with van der Waals surface area (Å²) in [4.78, 5) is 16.5. The lowest BCUT2D eigenvalue weighted by Crippen LogP contribution is -2.07. The third-order valence-corrected chi connectivity index (χ3v) is 5.59. The van der Waals surface area contributed by atoms with Gasteiger partial charge < -0.3 is 20.9 Å². The van der Waals surface area contributed by atoms with E-state index in [1.807, 2.05) is 31.6 Å². The molecule has 5 aromatic rings. The van der Waals surface area contributed by atoms with E-state index in [4.69, 9.17) is 5.73 Å². The van der Waals surface area contributed by atoms with Crippen LogP contribution in [0.3, 0.4) is 0 Å². The maximum Gasteiger partial charge on any atom is 0.220 e. The molecule has 0 saturated carbocycles. The molecule has 9 nitrogen and oxygen atoms in total. The third kappa shape index (κ3) is 4.19. The van der Waals surface area contributed by atoms with E-state index < -0.39 is 6.10 Å². The van der Waals surface area contributed by atoms with Gasteiger partial charge in [0.15, 0.2) is 0 Å². The van der Waals surface area contributed by atoms with Crippen molar-refractivity contribution in [3.05, 3.63) is 78.0 Å². The predicted octanol–water partition coefficient (Wildman–Crippen LogP) is 2.77. The van der Waals surface area contributed by atoms with E-state index in [2.05, 4.69) is 25.0 Å². The highest BCUT2D eigenvalue weighted by atomic mass is 16.3. The molecule has 4 heterocycles. The zero-order valence-corrected chi connectivity index (χ0v) is 18.0. The van der Waals surface area contributed by atoms with Gasteiger partial charge in [-0.1, -0.05) is 24.3 Å². The largest absolute Gasteiger partial charge is 0.392 e. The van der Waals surface area contributed by atoms with Crippen LogP contribution in [0.1, 0.15) is 22.9 Å². The molecule has 1 unspecified atom stereocenters. The summed E-state index contributed by atoms with van der Waals surface area (Å²) in [6, 6.07) is 11.1. The summed E-state index contributed by atoms with van der Waals surface area (Å²) in [6.07, 6.45) is 6.90. The molecule has 166 valence electrons. The number of H-pyrrole nitrogens is 1. The van der Waals surface area contributed by atoms with Crippen LogP contribution >= 0.6 is 0 Å². The second-order valence-corrected chi connectivity index (χ2v) is 7.95. The van der Waals surface area contributed by atoms with E-state index in [1.165, 1.54) is 0 Å². The second kappa shape index (κ2) is 8.45. The number of fused-ring (bicyclic) bond motifs is 1. The summed E-state index contributed by atoms with van der Waals surface area (Å²) in [5, 5.41) is 25.0. The van der Waals surface area contributed by atoms with Crippen LogP contribution in [0.5, 0.6) is 0 Å². The molecule has 5 rings (SSSR count). The van der Waals surface area contributed by atoms with Crippen molar-refractivity contribution in [3.63, 3.8) is 0 Å². The van der Waals surface area contributed by atoms with Crippen molar-refractivity contribution in [2.45, 2.75) is 19.1 Å². The van der Waals surface area contributed by atoms with Gasteiger partial charge in [-0.3, -0.25) is 4.68 Å². The molecule has 33 heavy (non-hydrogen) atoms. The Morgan fingerprint density at radius 2 is 1.91 bits per heavy atom. The second-order valence-electron chi connectivity index (χ2n) is 7.95. The van der Waals surface area contributed by atoms with Crippen LogP contribution in [0.4, 0.5) is 5.95 Å². The Bertz CT molecular complexity index is 1420. The molecule has 0 spiro atoms. The van der Waals surface area contributed by atoms with Crippen molar-refractivity contribution >= 4 is 17.0 Å². The zero-order chi connectivity index (χ0) is 22.9. The van der Waals surface area contributed by atoms with E-state index in [9.17, 15) is 10.2 Å². The fourth-order valence-corrected chi connectivity index (χ4v) is 3.87. The molecule has 0 bridgehead atoms. The number of anilines is 1. The molecule has 5 N–H and O–H groups in total. The van der Waals surface area contributed by atoms with Crippen LogP contribution in [0.25, 0.3) is 33.4 Å². The Morgan fingerprint density at radius 3 is 2.64 bits per heavy atom. The monoisotopic (exact) mass is 441 g/mol. The zero-order valence-electron chi connectivity index (χ0n) is 18.0. The van der Waals surface area contributed by atoms with Crippen molar-refractivity contribution in [1.82, 2.24) is 29.7 Å². The number of nitrogens with zero attached hydrogens (tertiary/aromatic N) is 5. The van der Waals surface area contributed by atoms with E-state index in [0.717, 1.165) is 38.9 Å². The van der Waals surface area contributed by atoms with Crippen molar-refractivity contribution in [3.8, 4) is 22.4 Å². The van der Waals surface area contributed by atoms with Crippen molar-refractivity contribution in [2.75, 3.05) is 5.73 Å². The highest BCUT2D eigenvalue weighted by molar-refractivity contribution is 5.95. The van der Waals surface area contributed by atoms with Gasteiger partial charge in [-0.05, 0) is 23.3 Å². The maximum absolute atomic E-state index is 10.7. The van der Waals surface area contributed by atoms with E-state index in [1.54, 1.807) is 41.3 Å². The standard InChI is InChI=1S/C24H23N7O2/c1-31-12-17(10-28-31)16-6-19-20(11-27-23(19)26-9-16)21-7-18(29-24(25)30-21)8-22(33)15-4-2-14(13-32)3-5-15/h2-7,9-12,22,32-33H,8,13H2,1H3,(H,26,27)(H2,25,29,30). The van der Waals surface area contributed by atoms with E-state index >= 15 is 0 Å². The molecule has 0 aliphatic heterocycles. The first-order valence-electron chi connectivity index (χ1n) is 10.5. The lowest BCUT2D eigenvalue weighted by atomic mass is 10.0. The van der Waals surface area contributed by atoms with Gasteiger partial charge in [-0.2, -0.15) is 5.10 Å². The summed E-state index contributed by atoms with van der Waals surface area (Å²) in [6.45, 7) is -0.0375. The molecule has 0 fully saturated rings. The highest BCUT2D eigenvalue weighted by Gasteiger charge is 2.15. The Morgan fingerprint density at radius 1 is 1.09 bits per heavy atom. The molecular formula is C24H23N7O2. The molecule has 0 aliphatic rings. The van der Waals surface area contributed by atoms with Gasteiger partial charge in [-0.15, -0.1) is 0 Å². The lowest BCUT2D eigenvalue weighted by Gasteiger charge is -2.12. The Labute approximate surface area is 189 Å². The number of aromatic amines is 1. The SMILES string of the molecule is Cn1cc(-c2cnc3[nH]cc(-c4cc(CC(O)c5ccc(CO)cc5)nc(N)n4)c3c2)cn1. The minimum absolute atomic E-state index is 0.0375. The Balaban J connectivity index is 1.48. The number of aliphatic hydroxyl groups is 2. The normalized spacial score (nSPS) is 12.3. The lowest BCUT2D eigenvalue weighted by molar-refractivity contribution is 0.177. The Kier molecular flexibility index (Phi) is 5.33. The van der Waals surface area contributed by atoms with Gasteiger partial charge >= 0.3 is 0 Å². The number of nitrogens with two attached hydrogens (primary N) is 1.